The molecule has 0 fully saturated rings. The van der Waals surface area contributed by atoms with Crippen LogP contribution in [0.15, 0.2) is 0 Å². The number of carboxylic acids is 1. The van der Waals surface area contributed by atoms with Gasteiger partial charge in [0.1, 0.15) is 6.54 Å². The Hall–Kier alpha value is -1.10. The van der Waals surface area contributed by atoms with Crippen LogP contribution in [0.5, 0.6) is 0 Å². The molecule has 5 heteroatoms. The summed E-state index contributed by atoms with van der Waals surface area (Å²) in [5, 5.41) is 10.5. The van der Waals surface area contributed by atoms with Crippen LogP contribution in [-0.2, 0) is 9.59 Å². The van der Waals surface area contributed by atoms with E-state index in [9.17, 15) is 9.59 Å². The molecular weight excluding hydrogens is 160 g/mol. The van der Waals surface area contributed by atoms with E-state index in [-0.39, 0.29) is 18.6 Å². The van der Waals surface area contributed by atoms with E-state index in [1.165, 1.54) is 0 Å². The van der Waals surface area contributed by atoms with Crippen molar-refractivity contribution in [3.05, 3.63) is 0 Å². The zero-order valence-corrected chi connectivity index (χ0v) is 7.68. The number of aliphatic carboxylic acids is 1. The second-order valence-electron chi connectivity index (χ2n) is 3.33. The molecule has 0 heterocycles. The molecule has 0 atom stereocenters. The highest BCUT2D eigenvalue weighted by Gasteiger charge is 2.20. The highest BCUT2D eigenvalue weighted by atomic mass is 16.4. The molecule has 0 saturated heterocycles. The van der Waals surface area contributed by atoms with Crippen molar-refractivity contribution >= 4 is 11.9 Å². The van der Waals surface area contributed by atoms with Crippen LogP contribution in [0.4, 0.5) is 0 Å². The topological polar surface area (TPSA) is 101 Å². The molecule has 0 aromatic heterocycles. The first kappa shape index (κ1) is 13.5. The van der Waals surface area contributed by atoms with Crippen LogP contribution in [0.25, 0.3) is 0 Å². The van der Waals surface area contributed by atoms with Gasteiger partial charge >= 0.3 is 5.97 Å². The predicted octanol–water partition coefficient (Wildman–Crippen LogP) is 0.395. The Kier molecular flexibility index (Phi) is 5.30. The van der Waals surface area contributed by atoms with E-state index in [0.717, 1.165) is 0 Å². The van der Waals surface area contributed by atoms with E-state index < -0.39 is 11.4 Å². The molecule has 1 amide bonds. The van der Waals surface area contributed by atoms with Crippen LogP contribution >= 0.6 is 0 Å². The smallest absolute Gasteiger partial charge is 0.322 e. The first-order chi connectivity index (χ1) is 4.84. The summed E-state index contributed by atoms with van der Waals surface area (Å²) in [5.41, 5.74) is -0.518. The van der Waals surface area contributed by atoms with Crippen molar-refractivity contribution in [3.63, 3.8) is 0 Å². The predicted molar refractivity (Wildman–Crippen MR) is 45.1 cm³/mol. The van der Waals surface area contributed by atoms with Gasteiger partial charge in [0.05, 0.1) is 0 Å². The Morgan fingerprint density at radius 3 is 2.00 bits per heavy atom. The molecule has 0 aromatic carbocycles. The zero-order chi connectivity index (χ0) is 9.07. The fraction of sp³-hybridized carbons (Fsp3) is 0.714. The lowest BCUT2D eigenvalue weighted by Crippen LogP contribution is -2.37. The van der Waals surface area contributed by atoms with Crippen molar-refractivity contribution < 1.29 is 14.7 Å². The molecule has 5 nitrogen and oxygen atoms in total. The highest BCUT2D eigenvalue weighted by Crippen LogP contribution is 2.11. The van der Waals surface area contributed by atoms with Crippen LogP contribution in [0.3, 0.4) is 0 Å². The molecule has 0 saturated carbocycles. The molecule has 0 aliphatic heterocycles. The molecule has 72 valence electrons. The van der Waals surface area contributed by atoms with Gasteiger partial charge in [0, 0.05) is 5.41 Å². The molecule has 0 spiro atoms. The maximum atomic E-state index is 11.0. The van der Waals surface area contributed by atoms with Crippen LogP contribution in [0, 0.1) is 5.41 Å². The second-order valence-corrected chi connectivity index (χ2v) is 3.33. The Morgan fingerprint density at radius 1 is 1.33 bits per heavy atom. The molecule has 5 N–H and O–H groups in total. The number of nitrogens with one attached hydrogen (secondary N) is 1. The van der Waals surface area contributed by atoms with Gasteiger partial charge in [0.2, 0.25) is 5.91 Å². The third-order valence-corrected chi connectivity index (χ3v) is 1.08. The lowest BCUT2D eigenvalue weighted by Gasteiger charge is -2.16. The summed E-state index contributed by atoms with van der Waals surface area (Å²) in [6, 6.07) is 0. The largest absolute Gasteiger partial charge is 0.480 e. The Labute approximate surface area is 71.7 Å². The normalized spacial score (nSPS) is 9.92. The quantitative estimate of drug-likeness (QED) is 0.566. The van der Waals surface area contributed by atoms with Crippen LogP contribution in [-0.4, -0.2) is 23.5 Å². The molecule has 0 aliphatic carbocycles. The summed E-state index contributed by atoms with van der Waals surface area (Å²) in [7, 11) is 0. The zero-order valence-electron chi connectivity index (χ0n) is 7.68. The minimum atomic E-state index is -1.03. The first-order valence-electron chi connectivity index (χ1n) is 3.34. The summed E-state index contributed by atoms with van der Waals surface area (Å²) >= 11 is 0. The van der Waals surface area contributed by atoms with Crippen molar-refractivity contribution in [1.29, 1.82) is 0 Å². The van der Waals surface area contributed by atoms with Crippen molar-refractivity contribution in [2.45, 2.75) is 20.8 Å². The van der Waals surface area contributed by atoms with Gasteiger partial charge in [-0.3, -0.25) is 9.59 Å². The third-order valence-electron chi connectivity index (χ3n) is 1.08. The SMILES string of the molecule is CC(C)(C)C(=O)NCC(=O)O.N. The summed E-state index contributed by atoms with van der Waals surface area (Å²) in [5.74, 6) is -1.28. The third kappa shape index (κ3) is 5.67. The Bertz CT molecular complexity index is 172. The van der Waals surface area contributed by atoms with E-state index in [1.807, 2.05) is 0 Å². The number of amides is 1. The molecule has 12 heavy (non-hydrogen) atoms. The minimum absolute atomic E-state index is 0. The van der Waals surface area contributed by atoms with Gasteiger partial charge in [-0.05, 0) is 0 Å². The summed E-state index contributed by atoms with van der Waals surface area (Å²) < 4.78 is 0. The Morgan fingerprint density at radius 2 is 1.75 bits per heavy atom. The van der Waals surface area contributed by atoms with E-state index in [1.54, 1.807) is 20.8 Å². The van der Waals surface area contributed by atoms with Crippen molar-refractivity contribution in [1.82, 2.24) is 11.5 Å². The number of hydrogen-bond donors (Lipinski definition) is 3. The highest BCUT2D eigenvalue weighted by molar-refractivity contribution is 5.84. The fourth-order valence-electron chi connectivity index (χ4n) is 0.421. The van der Waals surface area contributed by atoms with Crippen molar-refractivity contribution in [3.8, 4) is 0 Å². The first-order valence-corrected chi connectivity index (χ1v) is 3.34. The van der Waals surface area contributed by atoms with Crippen molar-refractivity contribution in [2.24, 2.45) is 5.41 Å². The number of carbonyl (C=O) groups excluding carboxylic acids is 1. The van der Waals surface area contributed by atoms with Crippen LogP contribution < -0.4 is 11.5 Å². The van der Waals surface area contributed by atoms with E-state index in [4.69, 9.17) is 5.11 Å². The van der Waals surface area contributed by atoms with Crippen LogP contribution in [0.2, 0.25) is 0 Å². The molecule has 0 aliphatic rings. The van der Waals surface area contributed by atoms with Crippen LogP contribution in [0.1, 0.15) is 20.8 Å². The maximum Gasteiger partial charge on any atom is 0.322 e. The molecule has 0 aromatic rings. The molecular formula is C7H16N2O3. The van der Waals surface area contributed by atoms with E-state index in [2.05, 4.69) is 5.32 Å². The minimum Gasteiger partial charge on any atom is -0.480 e. The van der Waals surface area contributed by atoms with Crippen molar-refractivity contribution in [2.75, 3.05) is 6.54 Å². The van der Waals surface area contributed by atoms with Gasteiger partial charge in [-0.2, -0.15) is 0 Å². The molecule has 0 bridgehead atoms. The second kappa shape index (κ2) is 4.71. The number of carboxylic acid groups (broad SMARTS) is 1. The standard InChI is InChI=1S/C7H13NO3.H3N/c1-7(2,3)6(11)8-4-5(9)10;/h4H2,1-3H3,(H,8,11)(H,9,10);1H3. The monoisotopic (exact) mass is 176 g/mol. The maximum absolute atomic E-state index is 11.0. The van der Waals surface area contributed by atoms with Gasteiger partial charge in [-0.15, -0.1) is 0 Å². The fourth-order valence-corrected chi connectivity index (χ4v) is 0.421. The van der Waals surface area contributed by atoms with Gasteiger partial charge in [-0.1, -0.05) is 20.8 Å². The van der Waals surface area contributed by atoms with E-state index >= 15 is 0 Å². The molecule has 0 radical (unpaired) electrons. The lowest BCUT2D eigenvalue weighted by atomic mass is 9.96. The summed E-state index contributed by atoms with van der Waals surface area (Å²) in [6.07, 6.45) is 0. The van der Waals surface area contributed by atoms with Gasteiger partial charge in [0.15, 0.2) is 0 Å². The van der Waals surface area contributed by atoms with E-state index in [0.29, 0.717) is 0 Å². The number of rotatable bonds is 2. The summed E-state index contributed by atoms with van der Waals surface area (Å²) in [6.45, 7) is 4.87. The lowest BCUT2D eigenvalue weighted by molar-refractivity contribution is -0.139. The average molecular weight is 176 g/mol. The Balaban J connectivity index is 0. The summed E-state index contributed by atoms with van der Waals surface area (Å²) in [4.78, 5) is 21.0. The molecule has 0 unspecified atom stereocenters. The number of carbonyl (C=O) groups is 2. The molecule has 0 rings (SSSR count). The average Bonchev–Trinajstić information content (AvgIpc) is 1.80. The van der Waals surface area contributed by atoms with Gasteiger partial charge in [0.25, 0.3) is 0 Å². The van der Waals surface area contributed by atoms with Gasteiger partial charge < -0.3 is 16.6 Å². The number of hydrogen-bond acceptors (Lipinski definition) is 3. The van der Waals surface area contributed by atoms with Gasteiger partial charge in [-0.25, -0.2) is 0 Å².